The van der Waals surface area contributed by atoms with Crippen LogP contribution in [0.2, 0.25) is 0 Å². The third-order valence-electron chi connectivity index (χ3n) is 6.29. The molecule has 2 aromatic rings. The average Bonchev–Trinajstić information content (AvgIpc) is 2.87. The number of nitrogens with one attached hydrogen (secondary N) is 1. The van der Waals surface area contributed by atoms with Crippen molar-refractivity contribution in [1.29, 1.82) is 0 Å². The molecular formula is C27H36BrN3O4S. The number of carbonyl (C=O) groups excluding carboxylic acids is 1. The van der Waals surface area contributed by atoms with Crippen LogP contribution >= 0.6 is 15.9 Å². The number of para-hydroxylation sites is 1. The number of nitrogens with zero attached hydrogens (tertiary/aromatic N) is 2. The molecule has 7 nitrogen and oxygen atoms in total. The van der Waals surface area contributed by atoms with E-state index in [1.165, 1.54) is 58.1 Å². The Bertz CT molecular complexity index is 1110. The molecule has 2 aromatic carbocycles. The summed E-state index contributed by atoms with van der Waals surface area (Å²) in [4.78, 5) is 13.0. The van der Waals surface area contributed by atoms with Crippen LogP contribution in [0.1, 0.15) is 70.6 Å². The number of rotatable bonds is 7. The largest absolute Gasteiger partial charge is 0.495 e. The summed E-state index contributed by atoms with van der Waals surface area (Å²) in [6, 6.07) is 13.4. The molecule has 0 aromatic heterocycles. The molecule has 0 unspecified atom stereocenters. The number of halogens is 1. The molecule has 0 bridgehead atoms. The van der Waals surface area contributed by atoms with Crippen LogP contribution in [0.5, 0.6) is 5.75 Å². The molecule has 0 saturated heterocycles. The number of methoxy groups -OCH3 is 1. The molecule has 0 heterocycles. The predicted molar refractivity (Wildman–Crippen MR) is 148 cm³/mol. The van der Waals surface area contributed by atoms with E-state index in [0.29, 0.717) is 10.2 Å². The number of ether oxygens (including phenoxy) is 1. The van der Waals surface area contributed by atoms with Gasteiger partial charge in [-0.2, -0.15) is 5.10 Å². The Kier molecular flexibility index (Phi) is 11.3. The van der Waals surface area contributed by atoms with Gasteiger partial charge in [0.1, 0.15) is 17.2 Å². The highest BCUT2D eigenvalue weighted by atomic mass is 79.9. The van der Waals surface area contributed by atoms with E-state index in [-0.39, 0.29) is 10.6 Å². The van der Waals surface area contributed by atoms with Gasteiger partial charge in [0.25, 0.3) is 15.9 Å². The number of hydrogen-bond acceptors (Lipinski definition) is 5. The van der Waals surface area contributed by atoms with Crippen molar-refractivity contribution in [2.24, 2.45) is 5.10 Å². The van der Waals surface area contributed by atoms with Crippen LogP contribution in [0.4, 0.5) is 5.69 Å². The maximum absolute atomic E-state index is 13.7. The topological polar surface area (TPSA) is 88.1 Å². The number of amides is 1. The standard InChI is InChI=1S/C27H36BrN3O4S/c1-35-25-19-18-22(28)20-26(25)36(33,34)31(24-16-12-9-13-17-24)21-27(32)30-29-23-14-10-7-5-3-2-4-6-8-11-15-23/h9,12-13,16-20H,2-8,10-11,14-15,21H2,1H3,(H,30,32). The molecule has 1 amide bonds. The Morgan fingerprint density at radius 2 is 1.53 bits per heavy atom. The first-order valence-corrected chi connectivity index (χ1v) is 14.9. The minimum Gasteiger partial charge on any atom is -0.495 e. The average molecular weight is 579 g/mol. The minimum atomic E-state index is -4.12. The molecule has 1 aliphatic rings. The summed E-state index contributed by atoms with van der Waals surface area (Å²) in [5.41, 5.74) is 3.99. The van der Waals surface area contributed by atoms with Gasteiger partial charge in [0.2, 0.25) is 0 Å². The van der Waals surface area contributed by atoms with Crippen LogP contribution in [0, 0.1) is 0 Å². The fourth-order valence-corrected chi connectivity index (χ4v) is 6.44. The first-order chi connectivity index (χ1) is 17.4. The molecule has 1 fully saturated rings. The highest BCUT2D eigenvalue weighted by Crippen LogP contribution is 2.32. The zero-order valence-corrected chi connectivity index (χ0v) is 23.3. The van der Waals surface area contributed by atoms with Crippen molar-refractivity contribution >= 4 is 43.3 Å². The lowest BCUT2D eigenvalue weighted by Gasteiger charge is -2.24. The number of sulfonamides is 1. The van der Waals surface area contributed by atoms with Gasteiger partial charge in [-0.3, -0.25) is 9.10 Å². The van der Waals surface area contributed by atoms with Crippen LogP contribution in [-0.2, 0) is 14.8 Å². The molecule has 9 heteroatoms. The summed E-state index contributed by atoms with van der Waals surface area (Å²) in [7, 11) is -2.70. The Morgan fingerprint density at radius 1 is 0.944 bits per heavy atom. The van der Waals surface area contributed by atoms with Gasteiger partial charge in [0.15, 0.2) is 0 Å². The van der Waals surface area contributed by atoms with Crippen molar-refractivity contribution in [1.82, 2.24) is 5.43 Å². The predicted octanol–water partition coefficient (Wildman–Crippen LogP) is 6.43. The summed E-state index contributed by atoms with van der Waals surface area (Å²) in [5, 5.41) is 4.42. The molecule has 1 saturated carbocycles. The first kappa shape index (κ1) is 28.2. The second-order valence-corrected chi connectivity index (χ2v) is 11.8. The van der Waals surface area contributed by atoms with E-state index in [9.17, 15) is 13.2 Å². The molecule has 196 valence electrons. The molecule has 0 aliphatic heterocycles. The van der Waals surface area contributed by atoms with Crippen molar-refractivity contribution in [3.63, 3.8) is 0 Å². The Labute approximate surface area is 223 Å². The van der Waals surface area contributed by atoms with Crippen LogP contribution in [0.3, 0.4) is 0 Å². The second kappa shape index (κ2) is 14.4. The van der Waals surface area contributed by atoms with Crippen LogP contribution < -0.4 is 14.5 Å². The number of hydrogen-bond donors (Lipinski definition) is 1. The monoisotopic (exact) mass is 577 g/mol. The third-order valence-corrected chi connectivity index (χ3v) is 8.58. The first-order valence-electron chi connectivity index (χ1n) is 12.7. The van der Waals surface area contributed by atoms with E-state index in [1.54, 1.807) is 42.5 Å². The number of benzene rings is 2. The van der Waals surface area contributed by atoms with Gasteiger partial charge in [0.05, 0.1) is 12.8 Å². The smallest absolute Gasteiger partial charge is 0.268 e. The summed E-state index contributed by atoms with van der Waals surface area (Å²) < 4.78 is 34.5. The highest BCUT2D eigenvalue weighted by molar-refractivity contribution is 9.10. The third kappa shape index (κ3) is 8.34. The molecule has 1 N–H and O–H groups in total. The van der Waals surface area contributed by atoms with Gasteiger partial charge in [-0.05, 0) is 56.0 Å². The summed E-state index contributed by atoms with van der Waals surface area (Å²) in [6.45, 7) is -0.404. The Hall–Kier alpha value is -2.39. The fourth-order valence-electron chi connectivity index (χ4n) is 4.32. The summed E-state index contributed by atoms with van der Waals surface area (Å²) >= 11 is 3.34. The quantitative estimate of drug-likeness (QED) is 0.384. The zero-order valence-electron chi connectivity index (χ0n) is 20.9. The number of hydrazone groups is 1. The molecule has 0 radical (unpaired) electrons. The maximum atomic E-state index is 13.7. The van der Waals surface area contributed by atoms with Gasteiger partial charge >= 0.3 is 0 Å². The van der Waals surface area contributed by atoms with Gasteiger partial charge in [0, 0.05) is 10.2 Å². The number of anilines is 1. The van der Waals surface area contributed by atoms with Crippen LogP contribution in [-0.4, -0.2) is 33.7 Å². The molecule has 36 heavy (non-hydrogen) atoms. The maximum Gasteiger partial charge on any atom is 0.268 e. The second-order valence-electron chi connectivity index (χ2n) is 9.04. The highest BCUT2D eigenvalue weighted by Gasteiger charge is 2.30. The summed E-state index contributed by atoms with van der Waals surface area (Å²) in [6.07, 6.45) is 12.5. The van der Waals surface area contributed by atoms with E-state index in [1.807, 2.05) is 0 Å². The Balaban J connectivity index is 1.79. The normalized spacial score (nSPS) is 15.8. The van der Waals surface area contributed by atoms with E-state index < -0.39 is 22.5 Å². The lowest BCUT2D eigenvalue weighted by atomic mass is 10.00. The molecular weight excluding hydrogens is 542 g/mol. The van der Waals surface area contributed by atoms with Crippen molar-refractivity contribution in [3.05, 3.63) is 53.0 Å². The minimum absolute atomic E-state index is 0.0262. The van der Waals surface area contributed by atoms with E-state index in [0.717, 1.165) is 35.7 Å². The number of carbonyl (C=O) groups is 1. The molecule has 3 rings (SSSR count). The fraction of sp³-hybridized carbons (Fsp3) is 0.481. The zero-order chi connectivity index (χ0) is 25.8. The van der Waals surface area contributed by atoms with E-state index >= 15 is 0 Å². The van der Waals surface area contributed by atoms with Crippen LogP contribution in [0.15, 0.2) is 63.0 Å². The summed E-state index contributed by atoms with van der Waals surface area (Å²) in [5.74, 6) is -0.289. The lowest BCUT2D eigenvalue weighted by Crippen LogP contribution is -2.40. The van der Waals surface area contributed by atoms with Crippen molar-refractivity contribution in [2.45, 2.75) is 75.5 Å². The van der Waals surface area contributed by atoms with Crippen molar-refractivity contribution in [3.8, 4) is 5.75 Å². The van der Waals surface area contributed by atoms with Gasteiger partial charge < -0.3 is 4.74 Å². The molecule has 0 atom stereocenters. The van der Waals surface area contributed by atoms with Crippen molar-refractivity contribution < 1.29 is 17.9 Å². The van der Waals surface area contributed by atoms with E-state index in [4.69, 9.17) is 4.74 Å². The van der Waals surface area contributed by atoms with E-state index in [2.05, 4.69) is 26.5 Å². The van der Waals surface area contributed by atoms with Gasteiger partial charge in [-0.1, -0.05) is 79.1 Å². The van der Waals surface area contributed by atoms with Crippen molar-refractivity contribution in [2.75, 3.05) is 18.0 Å². The molecule has 0 spiro atoms. The SMILES string of the molecule is COc1ccc(Br)cc1S(=O)(=O)N(CC(=O)NN=C1CCCCCCCCCCC1)c1ccccc1. The van der Waals surface area contributed by atoms with Gasteiger partial charge in [-0.25, -0.2) is 13.8 Å². The molecule has 1 aliphatic carbocycles. The van der Waals surface area contributed by atoms with Crippen LogP contribution in [0.25, 0.3) is 0 Å². The lowest BCUT2D eigenvalue weighted by molar-refractivity contribution is -0.119. The van der Waals surface area contributed by atoms with Gasteiger partial charge in [-0.15, -0.1) is 0 Å². The Morgan fingerprint density at radius 3 is 2.11 bits per heavy atom.